The molecule has 0 bridgehead atoms. The summed E-state index contributed by atoms with van der Waals surface area (Å²) in [6, 6.07) is 6.56. The number of benzene rings is 1. The number of fused-ring (bicyclic) bond motifs is 1. The first-order valence-corrected chi connectivity index (χ1v) is 11.5. The number of piperidine rings is 1. The van der Waals surface area contributed by atoms with Gasteiger partial charge in [-0.05, 0) is 36.6 Å². The lowest BCUT2D eigenvalue weighted by Gasteiger charge is -2.34. The van der Waals surface area contributed by atoms with Gasteiger partial charge >= 0.3 is 0 Å². The summed E-state index contributed by atoms with van der Waals surface area (Å²) in [5, 5.41) is 23.1. The van der Waals surface area contributed by atoms with Crippen molar-refractivity contribution >= 4 is 28.7 Å². The van der Waals surface area contributed by atoms with Crippen LogP contribution in [0.15, 0.2) is 35.6 Å². The van der Waals surface area contributed by atoms with E-state index in [1.807, 2.05) is 18.2 Å². The maximum absolute atomic E-state index is 14.7. The first-order valence-electron chi connectivity index (χ1n) is 11.5. The Labute approximate surface area is 206 Å². The number of amides is 1. The predicted molar refractivity (Wildman–Crippen MR) is 129 cm³/mol. The number of aromatic nitrogens is 3. The molecule has 0 spiro atoms. The number of aliphatic hydroxyl groups is 1. The number of halogens is 2. The summed E-state index contributed by atoms with van der Waals surface area (Å²) in [6.07, 6.45) is 1.04. The molecule has 11 nitrogen and oxygen atoms in total. The quantitative estimate of drug-likeness (QED) is 0.247. The second-order valence-electron chi connectivity index (χ2n) is 8.33. The molecule has 2 aromatic heterocycles. The van der Waals surface area contributed by atoms with Crippen molar-refractivity contribution in [1.82, 2.24) is 19.5 Å². The Bertz CT molecular complexity index is 1240. The number of anilines is 2. The average Bonchev–Trinajstić information content (AvgIpc) is 3.33. The molecule has 4 N–H and O–H groups in total. The summed E-state index contributed by atoms with van der Waals surface area (Å²) in [4.78, 5) is 17.4. The van der Waals surface area contributed by atoms with Gasteiger partial charge in [-0.2, -0.15) is 10.1 Å². The molecule has 0 radical (unpaired) electrons. The van der Waals surface area contributed by atoms with Crippen molar-refractivity contribution in [1.29, 1.82) is 5.53 Å². The third kappa shape index (κ3) is 5.20. The first-order chi connectivity index (χ1) is 17.5. The van der Waals surface area contributed by atoms with Crippen LogP contribution in [0.1, 0.15) is 12.8 Å². The zero-order valence-corrected chi connectivity index (χ0v) is 19.7. The molecule has 1 aliphatic heterocycles. The molecule has 4 rings (SSSR count). The minimum atomic E-state index is -1.36. The molecule has 1 aliphatic rings. The Morgan fingerprint density at radius 3 is 2.92 bits per heavy atom. The summed E-state index contributed by atoms with van der Waals surface area (Å²) < 4.78 is 34.4. The number of nitrogens with zero attached hydrogens (tertiary/aromatic N) is 5. The lowest BCUT2D eigenvalue weighted by atomic mass is 10.0. The van der Waals surface area contributed by atoms with Gasteiger partial charge in [-0.3, -0.25) is 9.18 Å². The molecule has 13 heteroatoms. The number of likely N-dealkylation sites (tertiary alicyclic amines) is 1. The van der Waals surface area contributed by atoms with Crippen LogP contribution in [0.4, 0.5) is 26.1 Å². The molecule has 1 fully saturated rings. The van der Waals surface area contributed by atoms with Crippen molar-refractivity contribution < 1.29 is 23.4 Å². The highest BCUT2D eigenvalue weighted by Crippen LogP contribution is 2.36. The number of methoxy groups -OCH3 is 1. The number of nitrogens with one attached hydrogen (secondary N) is 3. The fourth-order valence-corrected chi connectivity index (χ4v) is 4.22. The van der Waals surface area contributed by atoms with Gasteiger partial charge in [0.15, 0.2) is 0 Å². The van der Waals surface area contributed by atoms with Crippen molar-refractivity contribution in [2.45, 2.75) is 25.1 Å². The highest BCUT2D eigenvalue weighted by molar-refractivity contribution is 5.87. The van der Waals surface area contributed by atoms with E-state index in [1.165, 1.54) is 12.0 Å². The van der Waals surface area contributed by atoms with Crippen LogP contribution < -0.4 is 15.4 Å². The summed E-state index contributed by atoms with van der Waals surface area (Å²) in [5.74, 6) is -0.0504. The van der Waals surface area contributed by atoms with E-state index >= 15 is 0 Å². The average molecular weight is 503 g/mol. The van der Waals surface area contributed by atoms with Crippen LogP contribution in [0.2, 0.25) is 0 Å². The lowest BCUT2D eigenvalue weighted by molar-refractivity contribution is -0.136. The Morgan fingerprint density at radius 2 is 2.22 bits per heavy atom. The monoisotopic (exact) mass is 502 g/mol. The number of carbonyl (C=O) groups excluding carboxylic acids is 1. The summed E-state index contributed by atoms with van der Waals surface area (Å²) in [7, 11) is 1.48. The van der Waals surface area contributed by atoms with Gasteiger partial charge in [0, 0.05) is 24.8 Å². The van der Waals surface area contributed by atoms with Crippen molar-refractivity contribution in [3.63, 3.8) is 0 Å². The SMILES string of the molecule is COc1nc(N[C@H]2CCN(C(=O)CO)C[C@H]2F)nn2ccc(-c3ccc(N=N)c(NCCCF)c3)c12. The zero-order valence-electron chi connectivity index (χ0n) is 19.7. The number of hydrogen-bond acceptors (Lipinski definition) is 9. The smallest absolute Gasteiger partial charge is 0.248 e. The molecule has 1 saturated heterocycles. The number of alkyl halides is 2. The normalized spacial score (nSPS) is 17.7. The second kappa shape index (κ2) is 11.2. The molecule has 1 aromatic carbocycles. The molecular weight excluding hydrogens is 474 g/mol. The molecule has 0 unspecified atom stereocenters. The van der Waals surface area contributed by atoms with Crippen molar-refractivity contribution in [2.75, 3.05) is 50.7 Å². The molecule has 0 aliphatic carbocycles. The minimum absolute atomic E-state index is 0.119. The predicted octanol–water partition coefficient (Wildman–Crippen LogP) is 3.18. The molecule has 0 saturated carbocycles. The van der Waals surface area contributed by atoms with Gasteiger partial charge in [0.2, 0.25) is 17.7 Å². The van der Waals surface area contributed by atoms with Gasteiger partial charge in [-0.25, -0.2) is 14.4 Å². The maximum Gasteiger partial charge on any atom is 0.248 e. The van der Waals surface area contributed by atoms with E-state index < -0.39 is 31.4 Å². The third-order valence-electron chi connectivity index (χ3n) is 6.07. The standard InChI is InChI=1S/C23H28F2N8O3/c1-36-22-21-15(14-3-4-18(30-26)19(11-14)27-8-2-7-24)5-10-33(21)31-23(29-22)28-17-6-9-32(12-16(17)25)20(35)13-34/h3-5,10-11,16-17,26-27,34H,2,6-9,12-13H2,1H3,(H,28,31)/t16-,17+/m1/s1. The van der Waals surface area contributed by atoms with E-state index in [-0.39, 0.29) is 18.4 Å². The minimum Gasteiger partial charge on any atom is -0.479 e. The molecule has 3 aromatic rings. The van der Waals surface area contributed by atoms with Crippen LogP contribution in [-0.4, -0.2) is 82.8 Å². The fraction of sp³-hybridized carbons (Fsp3) is 0.435. The van der Waals surface area contributed by atoms with Gasteiger partial charge in [0.25, 0.3) is 0 Å². The first kappa shape index (κ1) is 25.2. The molecular formula is C23H28F2N8O3. The second-order valence-corrected chi connectivity index (χ2v) is 8.33. The van der Waals surface area contributed by atoms with Crippen molar-refractivity contribution in [3.05, 3.63) is 30.5 Å². The van der Waals surface area contributed by atoms with Crippen LogP contribution in [0, 0.1) is 5.53 Å². The number of rotatable bonds is 10. The Kier molecular flexibility index (Phi) is 7.88. The van der Waals surface area contributed by atoms with Gasteiger partial charge < -0.3 is 25.4 Å². The van der Waals surface area contributed by atoms with Gasteiger partial charge in [0.1, 0.15) is 24.0 Å². The molecule has 36 heavy (non-hydrogen) atoms. The van der Waals surface area contributed by atoms with E-state index in [9.17, 15) is 13.6 Å². The maximum atomic E-state index is 14.7. The van der Waals surface area contributed by atoms with Gasteiger partial charge in [-0.15, -0.1) is 5.10 Å². The number of carbonyl (C=O) groups is 1. The Balaban J connectivity index is 1.60. The van der Waals surface area contributed by atoms with E-state index in [1.54, 1.807) is 16.8 Å². The van der Waals surface area contributed by atoms with Crippen LogP contribution in [-0.2, 0) is 4.79 Å². The number of hydrogen-bond donors (Lipinski definition) is 4. The fourth-order valence-electron chi connectivity index (χ4n) is 4.22. The van der Waals surface area contributed by atoms with Crippen LogP contribution in [0.25, 0.3) is 16.6 Å². The zero-order chi connectivity index (χ0) is 25.7. The lowest BCUT2D eigenvalue weighted by Crippen LogP contribution is -2.50. The van der Waals surface area contributed by atoms with Crippen LogP contribution in [0.3, 0.4) is 0 Å². The molecule has 3 heterocycles. The van der Waals surface area contributed by atoms with E-state index in [4.69, 9.17) is 15.4 Å². The van der Waals surface area contributed by atoms with Crippen molar-refractivity contribution in [3.8, 4) is 17.0 Å². The summed E-state index contributed by atoms with van der Waals surface area (Å²) >= 11 is 0. The van der Waals surface area contributed by atoms with E-state index in [0.29, 0.717) is 42.8 Å². The topological polar surface area (TPSA) is 140 Å². The third-order valence-corrected chi connectivity index (χ3v) is 6.07. The highest BCUT2D eigenvalue weighted by Gasteiger charge is 2.32. The van der Waals surface area contributed by atoms with Gasteiger partial charge in [0.05, 0.1) is 32.1 Å². The van der Waals surface area contributed by atoms with E-state index in [2.05, 4.69) is 25.8 Å². The van der Waals surface area contributed by atoms with Crippen LogP contribution in [0.5, 0.6) is 5.88 Å². The Hall–Kier alpha value is -3.87. The number of ether oxygens (including phenoxy) is 1. The Morgan fingerprint density at radius 1 is 1.39 bits per heavy atom. The molecule has 2 atom stereocenters. The summed E-state index contributed by atoms with van der Waals surface area (Å²) in [6.45, 7) is -0.492. The summed E-state index contributed by atoms with van der Waals surface area (Å²) in [5.41, 5.74) is 10.6. The molecule has 192 valence electrons. The van der Waals surface area contributed by atoms with Crippen molar-refractivity contribution in [2.24, 2.45) is 5.11 Å². The number of aliphatic hydroxyl groups excluding tert-OH is 1. The highest BCUT2D eigenvalue weighted by atomic mass is 19.1. The molecule has 1 amide bonds. The van der Waals surface area contributed by atoms with Crippen LogP contribution >= 0.6 is 0 Å². The van der Waals surface area contributed by atoms with E-state index in [0.717, 1.165) is 11.1 Å². The largest absolute Gasteiger partial charge is 0.479 e. The van der Waals surface area contributed by atoms with Gasteiger partial charge in [-0.1, -0.05) is 6.07 Å².